The Kier molecular flexibility index (Phi) is 6.55. The molecule has 162 valence electrons. The van der Waals surface area contributed by atoms with Crippen molar-refractivity contribution in [1.82, 2.24) is 4.90 Å². The molecule has 1 saturated heterocycles. The number of benzene rings is 2. The van der Waals surface area contributed by atoms with E-state index < -0.39 is 16.7 Å². The summed E-state index contributed by atoms with van der Waals surface area (Å²) in [6, 6.07) is 10.2. The van der Waals surface area contributed by atoms with Crippen LogP contribution in [0, 0.1) is 16.0 Å². The molecular formula is C21H21ClN4O5. The number of amides is 3. The van der Waals surface area contributed by atoms with Gasteiger partial charge in [-0.2, -0.15) is 0 Å². The second-order valence-electron chi connectivity index (χ2n) is 7.48. The van der Waals surface area contributed by atoms with Crippen molar-refractivity contribution in [2.75, 3.05) is 17.2 Å². The smallest absolute Gasteiger partial charge is 0.289 e. The molecule has 31 heavy (non-hydrogen) atoms. The summed E-state index contributed by atoms with van der Waals surface area (Å²) in [6.45, 7) is 4.20. The van der Waals surface area contributed by atoms with Gasteiger partial charge in [0.05, 0.1) is 10.8 Å². The molecular weight excluding hydrogens is 424 g/mol. The van der Waals surface area contributed by atoms with Crippen LogP contribution in [-0.2, 0) is 9.59 Å². The number of hydrogen-bond donors (Lipinski definition) is 2. The predicted octanol–water partition coefficient (Wildman–Crippen LogP) is 3.70. The van der Waals surface area contributed by atoms with E-state index in [1.54, 1.807) is 17.0 Å². The second-order valence-corrected chi connectivity index (χ2v) is 7.89. The topological polar surface area (TPSA) is 122 Å². The summed E-state index contributed by atoms with van der Waals surface area (Å²) < 4.78 is 0. The van der Waals surface area contributed by atoms with Gasteiger partial charge in [0, 0.05) is 42.0 Å². The molecule has 0 saturated carbocycles. The number of rotatable bonds is 6. The number of nitrogens with zero attached hydrogens (tertiary/aromatic N) is 2. The van der Waals surface area contributed by atoms with Crippen molar-refractivity contribution >= 4 is 46.4 Å². The molecule has 1 heterocycles. The average Bonchev–Trinajstić information content (AvgIpc) is 3.12. The van der Waals surface area contributed by atoms with Crippen molar-refractivity contribution in [3.63, 3.8) is 0 Å². The summed E-state index contributed by atoms with van der Waals surface area (Å²) in [5.74, 6) is -1.17. The molecule has 0 radical (unpaired) electrons. The molecule has 3 amide bonds. The molecule has 0 bridgehead atoms. The molecule has 2 N–H and O–H groups in total. The first-order valence-corrected chi connectivity index (χ1v) is 9.99. The highest BCUT2D eigenvalue weighted by molar-refractivity contribution is 6.32. The van der Waals surface area contributed by atoms with Gasteiger partial charge in [0.15, 0.2) is 0 Å². The number of nitro benzene ring substituents is 1. The maximum Gasteiger partial charge on any atom is 0.289 e. The highest BCUT2D eigenvalue weighted by atomic mass is 35.5. The summed E-state index contributed by atoms with van der Waals surface area (Å²) in [6.07, 6.45) is 0.178. The van der Waals surface area contributed by atoms with Crippen LogP contribution in [0.2, 0.25) is 5.02 Å². The van der Waals surface area contributed by atoms with Crippen molar-refractivity contribution in [2.45, 2.75) is 26.3 Å². The summed E-state index contributed by atoms with van der Waals surface area (Å²) in [5, 5.41) is 16.3. The molecule has 2 aromatic carbocycles. The molecule has 2 aromatic rings. The molecule has 0 aliphatic carbocycles. The van der Waals surface area contributed by atoms with Crippen LogP contribution in [0.15, 0.2) is 42.5 Å². The van der Waals surface area contributed by atoms with E-state index in [0.717, 1.165) is 0 Å². The van der Waals surface area contributed by atoms with Crippen molar-refractivity contribution in [3.8, 4) is 0 Å². The lowest BCUT2D eigenvalue weighted by molar-refractivity contribution is -0.384. The first-order valence-electron chi connectivity index (χ1n) is 9.61. The van der Waals surface area contributed by atoms with Crippen LogP contribution in [0.25, 0.3) is 0 Å². The minimum atomic E-state index is -0.631. The van der Waals surface area contributed by atoms with Crippen LogP contribution >= 0.6 is 11.6 Å². The third-order valence-corrected chi connectivity index (χ3v) is 5.29. The van der Waals surface area contributed by atoms with Crippen molar-refractivity contribution in [1.29, 1.82) is 0 Å². The zero-order valence-corrected chi connectivity index (χ0v) is 17.7. The number of hydrogen-bond acceptors (Lipinski definition) is 5. The Labute approximate surface area is 183 Å². The number of nitro groups is 1. The predicted molar refractivity (Wildman–Crippen MR) is 116 cm³/mol. The van der Waals surface area contributed by atoms with Gasteiger partial charge in [-0.15, -0.1) is 0 Å². The van der Waals surface area contributed by atoms with Crippen LogP contribution in [0.4, 0.5) is 17.1 Å². The molecule has 0 aromatic heterocycles. The number of nitrogens with one attached hydrogen (secondary N) is 2. The monoisotopic (exact) mass is 444 g/mol. The van der Waals surface area contributed by atoms with E-state index in [1.807, 2.05) is 13.8 Å². The van der Waals surface area contributed by atoms with Gasteiger partial charge in [-0.25, -0.2) is 0 Å². The summed E-state index contributed by atoms with van der Waals surface area (Å²) in [5.41, 5.74) is 0.731. The Balaban J connectivity index is 1.62. The summed E-state index contributed by atoms with van der Waals surface area (Å²) >= 11 is 5.77. The Bertz CT molecular complexity index is 1040. The lowest BCUT2D eigenvalue weighted by Crippen LogP contribution is -2.33. The number of likely N-dealkylation sites (tertiary alicyclic amines) is 1. The zero-order valence-electron chi connectivity index (χ0n) is 16.9. The number of carbonyl (C=O) groups is 3. The third-order valence-electron chi connectivity index (χ3n) is 4.97. The standard InChI is InChI=1S/C21H21ClN4O5/c1-12(2)25-11-14(9-19(25)27)21(29)23-15-5-3-13(4-6-15)20(28)24-16-7-8-17(22)18(10-16)26(30)31/h3-8,10,12,14H,9,11H2,1-2H3,(H,23,29)(H,24,28). The van der Waals surface area contributed by atoms with Crippen LogP contribution < -0.4 is 10.6 Å². The minimum absolute atomic E-state index is 0.0245. The molecule has 3 rings (SSSR count). The van der Waals surface area contributed by atoms with E-state index in [2.05, 4.69) is 10.6 Å². The van der Waals surface area contributed by atoms with Gasteiger partial charge in [0.2, 0.25) is 11.8 Å². The van der Waals surface area contributed by atoms with E-state index in [0.29, 0.717) is 17.8 Å². The van der Waals surface area contributed by atoms with Gasteiger partial charge >= 0.3 is 0 Å². The third kappa shape index (κ3) is 5.18. The maximum absolute atomic E-state index is 12.5. The van der Waals surface area contributed by atoms with Crippen molar-refractivity contribution in [2.24, 2.45) is 5.92 Å². The van der Waals surface area contributed by atoms with Crippen LogP contribution in [0.3, 0.4) is 0 Å². The van der Waals surface area contributed by atoms with Crippen molar-refractivity contribution in [3.05, 3.63) is 63.2 Å². The minimum Gasteiger partial charge on any atom is -0.339 e. The lowest BCUT2D eigenvalue weighted by atomic mass is 10.1. The maximum atomic E-state index is 12.5. The van der Waals surface area contributed by atoms with E-state index in [-0.39, 0.29) is 40.7 Å². The van der Waals surface area contributed by atoms with E-state index in [1.165, 1.54) is 30.3 Å². The number of anilines is 2. The Hall–Kier alpha value is -3.46. The highest BCUT2D eigenvalue weighted by Crippen LogP contribution is 2.28. The number of halogens is 1. The lowest BCUT2D eigenvalue weighted by Gasteiger charge is -2.20. The fourth-order valence-electron chi connectivity index (χ4n) is 3.29. The fourth-order valence-corrected chi connectivity index (χ4v) is 3.48. The average molecular weight is 445 g/mol. The first kappa shape index (κ1) is 22.2. The van der Waals surface area contributed by atoms with Gasteiger partial charge in [-0.1, -0.05) is 11.6 Å². The molecule has 1 atom stereocenters. The van der Waals surface area contributed by atoms with E-state index in [4.69, 9.17) is 11.6 Å². The molecule has 9 nitrogen and oxygen atoms in total. The highest BCUT2D eigenvalue weighted by Gasteiger charge is 2.35. The van der Waals surface area contributed by atoms with E-state index >= 15 is 0 Å². The van der Waals surface area contributed by atoms with Gasteiger partial charge in [0.1, 0.15) is 5.02 Å². The van der Waals surface area contributed by atoms with E-state index in [9.17, 15) is 24.5 Å². The van der Waals surface area contributed by atoms with Crippen molar-refractivity contribution < 1.29 is 19.3 Å². The normalized spacial score (nSPS) is 15.8. The number of carbonyl (C=O) groups excluding carboxylic acids is 3. The largest absolute Gasteiger partial charge is 0.339 e. The molecule has 1 aliphatic heterocycles. The Morgan fingerprint density at radius 1 is 1.13 bits per heavy atom. The quantitative estimate of drug-likeness (QED) is 0.519. The summed E-state index contributed by atoms with van der Waals surface area (Å²) in [4.78, 5) is 48.9. The zero-order chi connectivity index (χ0) is 22.7. The van der Waals surface area contributed by atoms with Crippen LogP contribution in [-0.4, -0.2) is 40.1 Å². The van der Waals surface area contributed by atoms with Gasteiger partial charge in [0.25, 0.3) is 11.6 Å². The summed E-state index contributed by atoms with van der Waals surface area (Å²) in [7, 11) is 0. The van der Waals surface area contributed by atoms with Crippen LogP contribution in [0.1, 0.15) is 30.6 Å². The Morgan fingerprint density at radius 2 is 1.77 bits per heavy atom. The molecule has 10 heteroatoms. The SMILES string of the molecule is CC(C)N1CC(C(=O)Nc2ccc(C(=O)Nc3ccc(Cl)c([N+](=O)[O-])c3)cc2)CC1=O. The Morgan fingerprint density at radius 3 is 2.35 bits per heavy atom. The van der Waals surface area contributed by atoms with Gasteiger partial charge in [-0.3, -0.25) is 24.5 Å². The molecule has 1 fully saturated rings. The molecule has 1 unspecified atom stereocenters. The first-order chi connectivity index (χ1) is 14.7. The second kappa shape index (κ2) is 9.13. The van der Waals surface area contributed by atoms with Gasteiger partial charge < -0.3 is 15.5 Å². The van der Waals surface area contributed by atoms with Crippen LogP contribution in [0.5, 0.6) is 0 Å². The fraction of sp³-hybridized carbons (Fsp3) is 0.286. The molecule has 1 aliphatic rings. The molecule has 0 spiro atoms. The van der Waals surface area contributed by atoms with Gasteiger partial charge in [-0.05, 0) is 50.2 Å².